The van der Waals surface area contributed by atoms with Gasteiger partial charge in [-0.3, -0.25) is 4.90 Å². The lowest BCUT2D eigenvalue weighted by Crippen LogP contribution is -2.47. The lowest BCUT2D eigenvalue weighted by Gasteiger charge is -2.38. The van der Waals surface area contributed by atoms with Gasteiger partial charge in [0.05, 0.1) is 24.3 Å². The summed E-state index contributed by atoms with van der Waals surface area (Å²) in [6.07, 6.45) is 1.80. The Morgan fingerprint density at radius 1 is 1.36 bits per heavy atom. The minimum absolute atomic E-state index is 0.126. The van der Waals surface area contributed by atoms with Crippen molar-refractivity contribution >= 4 is 5.82 Å². The van der Waals surface area contributed by atoms with Gasteiger partial charge in [-0.2, -0.15) is 10.4 Å². The van der Waals surface area contributed by atoms with Crippen LogP contribution < -0.4 is 4.90 Å². The topological polar surface area (TPSA) is 65.3 Å². The smallest absolute Gasteiger partial charge is 0.151 e. The van der Waals surface area contributed by atoms with Crippen LogP contribution in [-0.2, 0) is 4.74 Å². The third kappa shape index (κ3) is 4.32. The zero-order chi connectivity index (χ0) is 17.6. The predicted octanol–water partition coefficient (Wildman–Crippen LogP) is 2.25. The lowest BCUT2D eigenvalue weighted by molar-refractivity contribution is -0.0368. The maximum Gasteiger partial charge on any atom is 0.151 e. The van der Waals surface area contributed by atoms with Gasteiger partial charge in [-0.15, -0.1) is 5.10 Å². The first-order valence-corrected chi connectivity index (χ1v) is 8.52. The van der Waals surface area contributed by atoms with Crippen LogP contribution in [0.15, 0.2) is 42.6 Å². The summed E-state index contributed by atoms with van der Waals surface area (Å²) in [5.41, 5.74) is 1.92. The van der Waals surface area contributed by atoms with E-state index in [1.807, 2.05) is 43.4 Å². The Balaban J connectivity index is 1.61. The zero-order valence-corrected chi connectivity index (χ0v) is 14.7. The largest absolute Gasteiger partial charge is 0.374 e. The van der Waals surface area contributed by atoms with Crippen molar-refractivity contribution in [2.75, 3.05) is 38.2 Å². The molecule has 1 aliphatic heterocycles. The van der Waals surface area contributed by atoms with Crippen LogP contribution in [-0.4, -0.2) is 54.5 Å². The van der Waals surface area contributed by atoms with E-state index < -0.39 is 0 Å². The quantitative estimate of drug-likeness (QED) is 0.834. The van der Waals surface area contributed by atoms with Crippen molar-refractivity contribution in [3.63, 3.8) is 0 Å². The molecule has 1 aliphatic rings. The van der Waals surface area contributed by atoms with Gasteiger partial charge in [-0.05, 0) is 36.8 Å². The average molecular weight is 337 g/mol. The molecule has 0 saturated carbocycles. The number of morpholine rings is 1. The van der Waals surface area contributed by atoms with Gasteiger partial charge >= 0.3 is 0 Å². The second-order valence-corrected chi connectivity index (χ2v) is 6.36. The highest BCUT2D eigenvalue weighted by Crippen LogP contribution is 2.23. The monoisotopic (exact) mass is 337 g/mol. The maximum absolute atomic E-state index is 8.94. The first-order valence-electron chi connectivity index (χ1n) is 8.52. The highest BCUT2D eigenvalue weighted by molar-refractivity contribution is 5.35. The molecule has 0 spiro atoms. The van der Waals surface area contributed by atoms with Crippen molar-refractivity contribution in [1.82, 2.24) is 15.1 Å². The van der Waals surface area contributed by atoms with Crippen molar-refractivity contribution in [3.05, 3.63) is 53.7 Å². The van der Waals surface area contributed by atoms with Crippen molar-refractivity contribution in [2.24, 2.45) is 0 Å². The van der Waals surface area contributed by atoms with Gasteiger partial charge < -0.3 is 9.64 Å². The Morgan fingerprint density at radius 2 is 2.16 bits per heavy atom. The van der Waals surface area contributed by atoms with Crippen molar-refractivity contribution in [2.45, 2.75) is 19.1 Å². The van der Waals surface area contributed by atoms with Gasteiger partial charge in [0.2, 0.25) is 0 Å². The van der Waals surface area contributed by atoms with E-state index in [1.54, 1.807) is 6.20 Å². The molecule has 2 aromatic rings. The first-order chi connectivity index (χ1) is 12.2. The van der Waals surface area contributed by atoms with Crippen molar-refractivity contribution in [1.29, 1.82) is 5.26 Å². The molecule has 0 bridgehead atoms. The number of hydrogen-bond donors (Lipinski definition) is 0. The summed E-state index contributed by atoms with van der Waals surface area (Å²) in [7, 11) is 2.01. The summed E-state index contributed by atoms with van der Waals surface area (Å²) >= 11 is 0. The Labute approximate surface area is 148 Å². The number of benzene rings is 1. The molecule has 1 aromatic heterocycles. The number of nitrogens with zero attached hydrogens (tertiary/aromatic N) is 5. The average Bonchev–Trinajstić information content (AvgIpc) is 2.68. The molecular formula is C19H23N5O. The highest BCUT2D eigenvalue weighted by atomic mass is 16.5. The van der Waals surface area contributed by atoms with Crippen LogP contribution in [0.1, 0.15) is 24.1 Å². The second-order valence-electron chi connectivity index (χ2n) is 6.36. The summed E-state index contributed by atoms with van der Waals surface area (Å²) in [5, 5.41) is 17.0. The molecule has 0 N–H and O–H groups in total. The highest BCUT2D eigenvalue weighted by Gasteiger charge is 2.26. The number of hydrogen-bond acceptors (Lipinski definition) is 6. The molecule has 0 amide bonds. The molecule has 1 fully saturated rings. The minimum Gasteiger partial charge on any atom is -0.374 e. The van der Waals surface area contributed by atoms with Crippen LogP contribution in [0.5, 0.6) is 0 Å². The lowest BCUT2D eigenvalue weighted by atomic mass is 10.0. The van der Waals surface area contributed by atoms with E-state index in [9.17, 15) is 0 Å². The maximum atomic E-state index is 8.94. The number of ether oxygens (including phenoxy) is 1. The fourth-order valence-electron chi connectivity index (χ4n) is 3.15. The fourth-order valence-corrected chi connectivity index (χ4v) is 3.15. The standard InChI is InChI=1S/C19H23N5O/c1-15(17-7-5-16(12-20)6-8-17)24-10-11-25-18(14-24)13-23(2)19-4-3-9-21-22-19/h3-9,15,18H,10-11,13-14H2,1-2H3/t15-,18+/m1/s1. The van der Waals surface area contributed by atoms with Crippen LogP contribution >= 0.6 is 0 Å². The number of likely N-dealkylation sites (N-methyl/N-ethyl adjacent to an activating group) is 1. The molecule has 1 aromatic carbocycles. The van der Waals surface area contributed by atoms with Crippen molar-refractivity contribution < 1.29 is 4.74 Å². The van der Waals surface area contributed by atoms with Gasteiger partial charge in [0, 0.05) is 38.9 Å². The third-order valence-corrected chi connectivity index (χ3v) is 4.67. The SMILES string of the molecule is C[C@H](c1ccc(C#N)cc1)N1CCO[C@@H](CN(C)c2cccnn2)C1. The van der Waals surface area contributed by atoms with E-state index >= 15 is 0 Å². The Kier molecular flexibility index (Phi) is 5.59. The molecular weight excluding hydrogens is 314 g/mol. The second kappa shape index (κ2) is 8.06. The summed E-state index contributed by atoms with van der Waals surface area (Å²) in [5.74, 6) is 0.850. The molecule has 0 radical (unpaired) electrons. The summed E-state index contributed by atoms with van der Waals surface area (Å²) in [4.78, 5) is 4.51. The molecule has 130 valence electrons. The molecule has 0 unspecified atom stereocenters. The summed E-state index contributed by atoms with van der Waals surface area (Å²) in [6.45, 7) is 5.48. The number of aromatic nitrogens is 2. The zero-order valence-electron chi connectivity index (χ0n) is 14.7. The predicted molar refractivity (Wildman–Crippen MR) is 96.2 cm³/mol. The first kappa shape index (κ1) is 17.3. The van der Waals surface area contributed by atoms with E-state index in [4.69, 9.17) is 10.00 Å². The summed E-state index contributed by atoms with van der Waals surface area (Å²) in [6, 6.07) is 14.1. The normalized spacial score (nSPS) is 19.2. The fraction of sp³-hybridized carbons (Fsp3) is 0.421. The van der Waals surface area contributed by atoms with E-state index in [2.05, 4.69) is 33.0 Å². The van der Waals surface area contributed by atoms with Gasteiger partial charge in [0.25, 0.3) is 0 Å². The van der Waals surface area contributed by atoms with Crippen LogP contribution in [0.2, 0.25) is 0 Å². The summed E-state index contributed by atoms with van der Waals surface area (Å²) < 4.78 is 5.95. The molecule has 2 heterocycles. The molecule has 25 heavy (non-hydrogen) atoms. The van der Waals surface area contributed by atoms with Gasteiger partial charge in [0.1, 0.15) is 0 Å². The number of nitriles is 1. The van der Waals surface area contributed by atoms with E-state index in [-0.39, 0.29) is 6.10 Å². The number of anilines is 1. The van der Waals surface area contributed by atoms with E-state index in [0.717, 1.165) is 32.1 Å². The van der Waals surface area contributed by atoms with Crippen molar-refractivity contribution in [3.8, 4) is 6.07 Å². The number of rotatable bonds is 5. The van der Waals surface area contributed by atoms with Crippen LogP contribution in [0.25, 0.3) is 0 Å². The van der Waals surface area contributed by atoms with Crippen LogP contribution in [0.3, 0.4) is 0 Å². The van der Waals surface area contributed by atoms with Gasteiger partial charge in [0.15, 0.2) is 5.82 Å². The van der Waals surface area contributed by atoms with Gasteiger partial charge in [-0.1, -0.05) is 12.1 Å². The Morgan fingerprint density at radius 3 is 2.84 bits per heavy atom. The molecule has 2 atom stereocenters. The minimum atomic E-state index is 0.126. The molecule has 3 rings (SSSR count). The molecule has 1 saturated heterocycles. The van der Waals surface area contributed by atoms with E-state index in [1.165, 1.54) is 5.56 Å². The van der Waals surface area contributed by atoms with E-state index in [0.29, 0.717) is 11.6 Å². The third-order valence-electron chi connectivity index (χ3n) is 4.67. The Hall–Kier alpha value is -2.49. The Bertz CT molecular complexity index is 713. The molecule has 6 heteroatoms. The molecule has 6 nitrogen and oxygen atoms in total. The van der Waals surface area contributed by atoms with Crippen LogP contribution in [0, 0.1) is 11.3 Å². The van der Waals surface area contributed by atoms with Crippen LogP contribution in [0.4, 0.5) is 5.82 Å². The van der Waals surface area contributed by atoms with Gasteiger partial charge in [-0.25, -0.2) is 0 Å². The molecule has 0 aliphatic carbocycles.